The number of rotatable bonds is 3. The molecule has 0 saturated heterocycles. The lowest BCUT2D eigenvalue weighted by Gasteiger charge is -1.97. The highest BCUT2D eigenvalue weighted by molar-refractivity contribution is 5.24. The maximum Gasteiger partial charge on any atom is 0.292 e. The topological polar surface area (TPSA) is 33.0 Å². The van der Waals surface area contributed by atoms with E-state index in [1.54, 1.807) is 25.3 Å². The first-order chi connectivity index (χ1) is 4.72. The van der Waals surface area contributed by atoms with Crippen LogP contribution in [-0.2, 0) is 4.74 Å². The largest absolute Gasteiger partial charge is 0.388 e. The van der Waals surface area contributed by atoms with E-state index in [2.05, 4.69) is 17.9 Å². The maximum absolute atomic E-state index is 8.12. The second-order valence-corrected chi connectivity index (χ2v) is 1.74. The minimum absolute atomic E-state index is 0.456. The smallest absolute Gasteiger partial charge is 0.292 e. The Morgan fingerprint density at radius 1 is 1.70 bits per heavy atom. The fourth-order valence-electron chi connectivity index (χ4n) is 0.420. The summed E-state index contributed by atoms with van der Waals surface area (Å²) in [5, 5.41) is 8.12. The van der Waals surface area contributed by atoms with Gasteiger partial charge in [0, 0.05) is 0 Å². The van der Waals surface area contributed by atoms with Crippen LogP contribution in [0.5, 0.6) is 0 Å². The summed E-state index contributed by atoms with van der Waals surface area (Å²) in [7, 11) is 0. The van der Waals surface area contributed by atoms with Crippen LogP contribution in [0.2, 0.25) is 0 Å². The van der Waals surface area contributed by atoms with E-state index in [4.69, 9.17) is 5.26 Å². The van der Waals surface area contributed by atoms with Crippen molar-refractivity contribution in [2.75, 3.05) is 0 Å². The van der Waals surface area contributed by atoms with Crippen molar-refractivity contribution in [2.24, 2.45) is 0 Å². The number of nitriles is 1. The van der Waals surface area contributed by atoms with Crippen molar-refractivity contribution in [3.8, 4) is 6.26 Å². The molecular formula is C8H9NO. The van der Waals surface area contributed by atoms with Gasteiger partial charge >= 0.3 is 0 Å². The SMILES string of the molecule is C=C/C=C(/OC#N)C(=C)C. The Bertz CT molecular complexity index is 208. The zero-order valence-corrected chi connectivity index (χ0v) is 5.92. The summed E-state index contributed by atoms with van der Waals surface area (Å²) in [5.74, 6) is 0.456. The van der Waals surface area contributed by atoms with E-state index in [1.807, 2.05) is 0 Å². The summed E-state index contributed by atoms with van der Waals surface area (Å²) in [6.45, 7) is 8.82. The molecule has 0 rings (SSSR count). The lowest BCUT2D eigenvalue weighted by molar-refractivity contribution is 0.386. The van der Waals surface area contributed by atoms with Gasteiger partial charge in [0.2, 0.25) is 0 Å². The van der Waals surface area contributed by atoms with E-state index < -0.39 is 0 Å². The number of ether oxygens (including phenoxy) is 1. The first-order valence-corrected chi connectivity index (χ1v) is 2.77. The molecule has 0 atom stereocenters. The van der Waals surface area contributed by atoms with E-state index in [0.717, 1.165) is 0 Å². The molecule has 0 aliphatic heterocycles. The number of nitrogens with zero attached hydrogens (tertiary/aromatic N) is 1. The van der Waals surface area contributed by atoms with E-state index in [-0.39, 0.29) is 0 Å². The zero-order chi connectivity index (χ0) is 7.98. The Balaban J connectivity index is 4.29. The second-order valence-electron chi connectivity index (χ2n) is 1.74. The zero-order valence-electron chi connectivity index (χ0n) is 5.92. The van der Waals surface area contributed by atoms with Gasteiger partial charge in [0.15, 0.2) is 0 Å². The Morgan fingerprint density at radius 2 is 2.30 bits per heavy atom. The molecule has 0 radical (unpaired) electrons. The molecule has 0 aromatic carbocycles. The quantitative estimate of drug-likeness (QED) is 0.337. The first-order valence-electron chi connectivity index (χ1n) is 2.77. The van der Waals surface area contributed by atoms with Gasteiger partial charge in [0.25, 0.3) is 6.26 Å². The van der Waals surface area contributed by atoms with Crippen molar-refractivity contribution in [3.05, 3.63) is 36.6 Å². The highest BCUT2D eigenvalue weighted by Crippen LogP contribution is 2.06. The fraction of sp³-hybridized carbons (Fsp3) is 0.125. The molecule has 0 N–H and O–H groups in total. The van der Waals surface area contributed by atoms with E-state index >= 15 is 0 Å². The fourth-order valence-corrected chi connectivity index (χ4v) is 0.420. The maximum atomic E-state index is 8.12. The van der Waals surface area contributed by atoms with Crippen LogP contribution in [0.3, 0.4) is 0 Å². The Morgan fingerprint density at radius 3 is 2.60 bits per heavy atom. The average Bonchev–Trinajstić information content (AvgIpc) is 1.87. The number of allylic oxidation sites excluding steroid dienone is 3. The molecule has 0 bridgehead atoms. The van der Waals surface area contributed by atoms with Crippen LogP contribution >= 0.6 is 0 Å². The molecule has 52 valence electrons. The molecule has 10 heavy (non-hydrogen) atoms. The first kappa shape index (κ1) is 8.51. The van der Waals surface area contributed by atoms with E-state index in [0.29, 0.717) is 11.3 Å². The summed E-state index contributed by atoms with van der Waals surface area (Å²) in [5.41, 5.74) is 0.710. The lowest BCUT2D eigenvalue weighted by Crippen LogP contribution is -1.84. The van der Waals surface area contributed by atoms with Crippen molar-refractivity contribution in [2.45, 2.75) is 6.92 Å². The third-order valence-corrected chi connectivity index (χ3v) is 0.845. The molecular weight excluding hydrogens is 126 g/mol. The van der Waals surface area contributed by atoms with Crippen molar-refractivity contribution >= 4 is 0 Å². The van der Waals surface area contributed by atoms with Gasteiger partial charge in [-0.1, -0.05) is 19.2 Å². The summed E-state index contributed by atoms with van der Waals surface area (Å²) < 4.78 is 4.54. The lowest BCUT2D eigenvalue weighted by atomic mass is 10.3. The van der Waals surface area contributed by atoms with Gasteiger partial charge in [-0.15, -0.1) is 5.26 Å². The monoisotopic (exact) mass is 135 g/mol. The summed E-state index contributed by atoms with van der Waals surface area (Å²) in [6.07, 6.45) is 4.69. The highest BCUT2D eigenvalue weighted by Gasteiger charge is 1.94. The second kappa shape index (κ2) is 4.39. The normalized spacial score (nSPS) is 9.80. The molecule has 0 aliphatic rings. The third-order valence-electron chi connectivity index (χ3n) is 0.845. The Hall–Kier alpha value is -1.49. The molecule has 2 heteroatoms. The van der Waals surface area contributed by atoms with Crippen molar-refractivity contribution in [3.63, 3.8) is 0 Å². The predicted octanol–water partition coefficient (Wildman–Crippen LogP) is 2.13. The van der Waals surface area contributed by atoms with Crippen LogP contribution in [0.1, 0.15) is 6.92 Å². The molecule has 2 nitrogen and oxygen atoms in total. The standard InChI is InChI=1S/C8H9NO/c1-4-5-8(7(2)3)10-6-9/h4-5H,1-2H2,3H3/b8-5+. The molecule has 0 saturated carbocycles. The average molecular weight is 135 g/mol. The van der Waals surface area contributed by atoms with Crippen LogP contribution in [0.25, 0.3) is 0 Å². The minimum atomic E-state index is 0.456. The Labute approximate surface area is 60.7 Å². The van der Waals surface area contributed by atoms with Gasteiger partial charge in [0.1, 0.15) is 5.76 Å². The van der Waals surface area contributed by atoms with E-state index in [9.17, 15) is 0 Å². The van der Waals surface area contributed by atoms with Gasteiger partial charge in [-0.3, -0.25) is 0 Å². The molecule has 0 heterocycles. The van der Waals surface area contributed by atoms with Crippen LogP contribution in [0, 0.1) is 11.5 Å². The van der Waals surface area contributed by atoms with Gasteiger partial charge in [-0.2, -0.15) is 0 Å². The number of hydrogen-bond donors (Lipinski definition) is 0. The molecule has 0 aliphatic carbocycles. The molecule has 0 aromatic rings. The molecule has 0 spiro atoms. The molecule has 0 fully saturated rings. The van der Waals surface area contributed by atoms with E-state index in [1.165, 1.54) is 0 Å². The predicted molar refractivity (Wildman–Crippen MR) is 39.8 cm³/mol. The highest BCUT2D eigenvalue weighted by atomic mass is 16.5. The van der Waals surface area contributed by atoms with Crippen molar-refractivity contribution in [1.82, 2.24) is 0 Å². The van der Waals surface area contributed by atoms with Gasteiger partial charge in [0.05, 0.1) is 0 Å². The van der Waals surface area contributed by atoms with Crippen LogP contribution in [0.15, 0.2) is 36.6 Å². The van der Waals surface area contributed by atoms with Crippen LogP contribution in [0.4, 0.5) is 0 Å². The van der Waals surface area contributed by atoms with Crippen LogP contribution in [-0.4, -0.2) is 0 Å². The van der Waals surface area contributed by atoms with Gasteiger partial charge < -0.3 is 4.74 Å². The summed E-state index contributed by atoms with van der Waals surface area (Å²) in [6, 6.07) is 0. The number of hydrogen-bond acceptors (Lipinski definition) is 2. The van der Waals surface area contributed by atoms with Gasteiger partial charge in [-0.25, -0.2) is 0 Å². The summed E-state index contributed by atoms with van der Waals surface area (Å²) >= 11 is 0. The van der Waals surface area contributed by atoms with Gasteiger partial charge in [-0.05, 0) is 18.6 Å². The minimum Gasteiger partial charge on any atom is -0.388 e. The molecule has 0 aromatic heterocycles. The van der Waals surface area contributed by atoms with Crippen molar-refractivity contribution in [1.29, 1.82) is 5.26 Å². The Kier molecular flexibility index (Phi) is 3.74. The molecule has 0 amide bonds. The third kappa shape index (κ3) is 2.73. The molecule has 0 unspecified atom stereocenters. The van der Waals surface area contributed by atoms with Crippen molar-refractivity contribution < 1.29 is 4.74 Å². The summed E-state index contributed by atoms with van der Waals surface area (Å²) in [4.78, 5) is 0. The van der Waals surface area contributed by atoms with Crippen LogP contribution < -0.4 is 0 Å².